The molecule has 5 heteroatoms. The molecule has 0 bridgehead atoms. The third-order valence-corrected chi connectivity index (χ3v) is 2.19. The van der Waals surface area contributed by atoms with E-state index in [-0.39, 0.29) is 6.61 Å². The highest BCUT2D eigenvalue weighted by Gasteiger charge is 2.01. The fourth-order valence-corrected chi connectivity index (χ4v) is 1.22. The number of anilines is 1. The maximum atomic E-state index is 11.2. The molecule has 0 aliphatic rings. The first kappa shape index (κ1) is 21.5. The number of hydrogen-bond donors (Lipinski definition) is 2. The number of benzene rings is 1. The monoisotopic (exact) mass is 298 g/mol. The lowest BCUT2D eigenvalue weighted by atomic mass is 10.2. The molecule has 0 radical (unpaired) electrons. The van der Waals surface area contributed by atoms with Crippen molar-refractivity contribution < 1.29 is 14.3 Å². The zero-order valence-electron chi connectivity index (χ0n) is 14.2. The molecule has 0 aliphatic carbocycles. The van der Waals surface area contributed by atoms with E-state index in [1.165, 1.54) is 0 Å². The summed E-state index contributed by atoms with van der Waals surface area (Å²) in [5, 5.41) is 5.60. The van der Waals surface area contributed by atoms with Gasteiger partial charge >= 0.3 is 6.09 Å². The van der Waals surface area contributed by atoms with Crippen molar-refractivity contribution in [1.82, 2.24) is 5.32 Å². The van der Waals surface area contributed by atoms with E-state index < -0.39 is 6.09 Å². The molecule has 0 aromatic heterocycles. The molecule has 0 heterocycles. The minimum Gasteiger partial charge on any atom is -0.445 e. The topological polar surface area (TPSA) is 59.6 Å². The molecule has 0 aliphatic heterocycles. The molecule has 21 heavy (non-hydrogen) atoms. The van der Waals surface area contributed by atoms with Crippen LogP contribution in [-0.2, 0) is 16.1 Å². The SMILES string of the molecule is CC.CC.CNc1ccc(COC(=O)NCCOC)cc1. The third kappa shape index (κ3) is 11.8. The summed E-state index contributed by atoms with van der Waals surface area (Å²) >= 11 is 0. The molecule has 1 aromatic carbocycles. The molecule has 122 valence electrons. The number of methoxy groups -OCH3 is 1. The first-order valence-corrected chi connectivity index (χ1v) is 7.42. The van der Waals surface area contributed by atoms with Crippen molar-refractivity contribution in [2.24, 2.45) is 0 Å². The predicted molar refractivity (Wildman–Crippen MR) is 88.7 cm³/mol. The fraction of sp³-hybridized carbons (Fsp3) is 0.562. The third-order valence-electron chi connectivity index (χ3n) is 2.19. The first-order valence-electron chi connectivity index (χ1n) is 7.42. The van der Waals surface area contributed by atoms with Crippen LogP contribution in [0.5, 0.6) is 0 Å². The summed E-state index contributed by atoms with van der Waals surface area (Å²) in [7, 11) is 3.44. The number of carbonyl (C=O) groups is 1. The molecule has 1 rings (SSSR count). The Morgan fingerprint density at radius 1 is 1.10 bits per heavy atom. The van der Waals surface area contributed by atoms with E-state index in [0.29, 0.717) is 13.2 Å². The molecule has 0 atom stereocenters. The van der Waals surface area contributed by atoms with Gasteiger partial charge in [0, 0.05) is 26.4 Å². The maximum absolute atomic E-state index is 11.2. The average Bonchev–Trinajstić information content (AvgIpc) is 2.57. The van der Waals surface area contributed by atoms with Gasteiger partial charge in [-0.1, -0.05) is 39.8 Å². The highest BCUT2D eigenvalue weighted by Crippen LogP contribution is 2.09. The number of nitrogens with one attached hydrogen (secondary N) is 2. The van der Waals surface area contributed by atoms with E-state index in [0.717, 1.165) is 11.3 Å². The van der Waals surface area contributed by atoms with Crippen molar-refractivity contribution in [3.63, 3.8) is 0 Å². The number of alkyl carbamates (subject to hydrolysis) is 1. The van der Waals surface area contributed by atoms with Gasteiger partial charge in [0.25, 0.3) is 0 Å². The summed E-state index contributed by atoms with van der Waals surface area (Å²) in [5.41, 5.74) is 1.98. The molecule has 0 saturated heterocycles. The van der Waals surface area contributed by atoms with Crippen LogP contribution in [0.1, 0.15) is 33.3 Å². The van der Waals surface area contributed by atoms with Crippen LogP contribution in [0.15, 0.2) is 24.3 Å². The van der Waals surface area contributed by atoms with Gasteiger partial charge in [-0.25, -0.2) is 4.79 Å². The first-order chi connectivity index (χ1) is 10.3. The quantitative estimate of drug-likeness (QED) is 0.787. The largest absolute Gasteiger partial charge is 0.445 e. The Hall–Kier alpha value is -1.75. The van der Waals surface area contributed by atoms with Gasteiger partial charge in [0.2, 0.25) is 0 Å². The van der Waals surface area contributed by atoms with E-state index in [1.54, 1.807) is 7.11 Å². The number of ether oxygens (including phenoxy) is 2. The lowest BCUT2D eigenvalue weighted by Gasteiger charge is -2.07. The van der Waals surface area contributed by atoms with Crippen molar-refractivity contribution in [1.29, 1.82) is 0 Å². The van der Waals surface area contributed by atoms with Crippen molar-refractivity contribution >= 4 is 11.8 Å². The van der Waals surface area contributed by atoms with Gasteiger partial charge in [-0.05, 0) is 17.7 Å². The average molecular weight is 298 g/mol. The van der Waals surface area contributed by atoms with Crippen LogP contribution in [0.25, 0.3) is 0 Å². The van der Waals surface area contributed by atoms with E-state index in [4.69, 9.17) is 9.47 Å². The molecule has 0 saturated carbocycles. The van der Waals surface area contributed by atoms with Crippen LogP contribution in [0, 0.1) is 0 Å². The molecule has 0 spiro atoms. The lowest BCUT2D eigenvalue weighted by Crippen LogP contribution is -2.27. The zero-order valence-corrected chi connectivity index (χ0v) is 14.2. The van der Waals surface area contributed by atoms with E-state index >= 15 is 0 Å². The summed E-state index contributed by atoms with van der Waals surface area (Å²) in [5.74, 6) is 0. The molecular weight excluding hydrogens is 268 g/mol. The molecule has 0 fully saturated rings. The van der Waals surface area contributed by atoms with E-state index in [2.05, 4.69) is 10.6 Å². The van der Waals surface area contributed by atoms with Crippen LogP contribution >= 0.6 is 0 Å². The summed E-state index contributed by atoms with van der Waals surface area (Å²) in [6.07, 6.45) is -0.431. The van der Waals surface area contributed by atoms with Gasteiger partial charge in [-0.15, -0.1) is 0 Å². The number of rotatable bonds is 6. The zero-order chi connectivity index (χ0) is 16.5. The normalized spacial score (nSPS) is 8.48. The highest BCUT2D eigenvalue weighted by atomic mass is 16.5. The standard InChI is InChI=1S/C12H18N2O3.2C2H6/c1-13-11-5-3-10(4-6-11)9-17-12(15)14-7-8-16-2;2*1-2/h3-6,13H,7-9H2,1-2H3,(H,14,15);2*1-2H3. The fourth-order valence-electron chi connectivity index (χ4n) is 1.22. The second-order valence-corrected chi connectivity index (χ2v) is 3.44. The Kier molecular flexibility index (Phi) is 16.7. The van der Waals surface area contributed by atoms with Crippen molar-refractivity contribution in [3.05, 3.63) is 29.8 Å². The van der Waals surface area contributed by atoms with Gasteiger partial charge in [0.05, 0.1) is 6.61 Å². The molecular formula is C16H30N2O3. The Bertz CT molecular complexity index is 340. The second kappa shape index (κ2) is 16.3. The van der Waals surface area contributed by atoms with Crippen LogP contribution in [0.4, 0.5) is 10.5 Å². The van der Waals surface area contributed by atoms with Gasteiger partial charge in [-0.2, -0.15) is 0 Å². The van der Waals surface area contributed by atoms with Crippen molar-refractivity contribution in [3.8, 4) is 0 Å². The van der Waals surface area contributed by atoms with Crippen molar-refractivity contribution in [2.75, 3.05) is 32.6 Å². The highest BCUT2D eigenvalue weighted by molar-refractivity contribution is 5.67. The molecule has 2 N–H and O–H groups in total. The minimum absolute atomic E-state index is 0.267. The maximum Gasteiger partial charge on any atom is 0.407 e. The predicted octanol–water partition coefficient (Wildman–Crippen LogP) is 3.65. The summed E-state index contributed by atoms with van der Waals surface area (Å²) < 4.78 is 9.83. The Morgan fingerprint density at radius 2 is 1.67 bits per heavy atom. The van der Waals surface area contributed by atoms with Crippen LogP contribution in [0.3, 0.4) is 0 Å². The number of carbonyl (C=O) groups excluding carboxylic acids is 1. The van der Waals surface area contributed by atoms with Gasteiger partial charge in [0.15, 0.2) is 0 Å². The summed E-state index contributed by atoms with van der Waals surface area (Å²) in [4.78, 5) is 11.2. The van der Waals surface area contributed by atoms with Crippen LogP contribution in [0.2, 0.25) is 0 Å². The second-order valence-electron chi connectivity index (χ2n) is 3.44. The summed E-state index contributed by atoms with van der Waals surface area (Å²) in [6.45, 7) is 9.20. The van der Waals surface area contributed by atoms with Gasteiger partial charge in [-0.3, -0.25) is 0 Å². The molecule has 5 nitrogen and oxygen atoms in total. The molecule has 1 aromatic rings. The molecule has 1 amide bonds. The Morgan fingerprint density at radius 3 is 2.14 bits per heavy atom. The van der Waals surface area contributed by atoms with Gasteiger partial charge in [0.1, 0.15) is 6.61 Å². The summed E-state index contributed by atoms with van der Waals surface area (Å²) in [6, 6.07) is 7.69. The smallest absolute Gasteiger partial charge is 0.407 e. The van der Waals surface area contributed by atoms with E-state index in [9.17, 15) is 4.79 Å². The van der Waals surface area contributed by atoms with Crippen LogP contribution in [-0.4, -0.2) is 33.4 Å². The number of hydrogen-bond acceptors (Lipinski definition) is 4. The van der Waals surface area contributed by atoms with Crippen LogP contribution < -0.4 is 10.6 Å². The van der Waals surface area contributed by atoms with E-state index in [1.807, 2.05) is 59.0 Å². The minimum atomic E-state index is -0.431. The lowest BCUT2D eigenvalue weighted by molar-refractivity contribution is 0.133. The Balaban J connectivity index is 0. The number of amides is 1. The van der Waals surface area contributed by atoms with Gasteiger partial charge < -0.3 is 20.1 Å². The molecule has 0 unspecified atom stereocenters. The van der Waals surface area contributed by atoms with Crippen molar-refractivity contribution in [2.45, 2.75) is 34.3 Å². The Labute approximate surface area is 129 Å².